The monoisotopic (exact) mass is 368 g/mol. The Morgan fingerprint density at radius 3 is 2.30 bits per heavy atom. The van der Waals surface area contributed by atoms with Gasteiger partial charge in [0.15, 0.2) is 0 Å². The molecule has 6 heteroatoms. The van der Waals surface area contributed by atoms with Crippen LogP contribution in [-0.4, -0.2) is 29.4 Å². The van der Waals surface area contributed by atoms with Gasteiger partial charge in [-0.15, -0.1) is 0 Å². The maximum Gasteiger partial charge on any atom is 0.322 e. The lowest BCUT2D eigenvalue weighted by Gasteiger charge is -2.09. The molecule has 0 saturated heterocycles. The average Bonchev–Trinajstić information content (AvgIpc) is 2.61. The third kappa shape index (κ3) is 6.93. The van der Waals surface area contributed by atoms with E-state index in [-0.39, 0.29) is 18.2 Å². The van der Waals surface area contributed by atoms with E-state index in [2.05, 4.69) is 22.8 Å². The zero-order chi connectivity index (χ0) is 19.8. The Morgan fingerprint density at radius 2 is 1.67 bits per heavy atom. The number of nitrogens with one attached hydrogen (secondary N) is 2. The van der Waals surface area contributed by atoms with Crippen molar-refractivity contribution >= 4 is 23.5 Å². The predicted octanol–water partition coefficient (Wildman–Crippen LogP) is 2.62. The molecule has 0 aliphatic heterocycles. The number of carboxylic acid groups (broad SMARTS) is 1. The second kappa shape index (κ2) is 9.52. The lowest BCUT2D eigenvalue weighted by Crippen LogP contribution is -2.30. The van der Waals surface area contributed by atoms with E-state index in [4.69, 9.17) is 5.11 Å². The van der Waals surface area contributed by atoms with Gasteiger partial charge in [-0.3, -0.25) is 14.4 Å². The molecule has 27 heavy (non-hydrogen) atoms. The van der Waals surface area contributed by atoms with Gasteiger partial charge < -0.3 is 15.7 Å². The van der Waals surface area contributed by atoms with Crippen LogP contribution in [0.1, 0.15) is 28.7 Å². The molecule has 2 aromatic carbocycles. The fourth-order valence-corrected chi connectivity index (χ4v) is 2.73. The Bertz CT molecular complexity index is 829. The minimum atomic E-state index is -1.08. The van der Waals surface area contributed by atoms with Gasteiger partial charge in [0.1, 0.15) is 6.54 Å². The number of carbonyl (C=O) groups is 3. The standard InChI is InChI=1S/C21H24N2O4/c1-14-3-6-17(15(2)11-14)7-10-19(24)23-18-8-4-16(5-9-18)12-20(25)22-13-21(26)27/h3-6,8-9,11H,7,10,12-13H2,1-2H3,(H,22,25)(H,23,24)(H,26,27). The summed E-state index contributed by atoms with van der Waals surface area (Å²) in [6.07, 6.45) is 1.16. The molecule has 0 atom stereocenters. The van der Waals surface area contributed by atoms with Crippen molar-refractivity contribution in [3.63, 3.8) is 0 Å². The van der Waals surface area contributed by atoms with Crippen LogP contribution < -0.4 is 10.6 Å². The van der Waals surface area contributed by atoms with Crippen LogP contribution in [0.15, 0.2) is 42.5 Å². The largest absolute Gasteiger partial charge is 0.480 e. The normalized spacial score (nSPS) is 10.3. The fraction of sp³-hybridized carbons (Fsp3) is 0.286. The van der Waals surface area contributed by atoms with Crippen LogP contribution in [-0.2, 0) is 27.2 Å². The summed E-state index contributed by atoms with van der Waals surface area (Å²) in [5, 5.41) is 13.7. The van der Waals surface area contributed by atoms with Gasteiger partial charge >= 0.3 is 5.97 Å². The number of aliphatic carboxylic acids is 1. The van der Waals surface area contributed by atoms with Crippen molar-refractivity contribution in [2.24, 2.45) is 0 Å². The zero-order valence-corrected chi connectivity index (χ0v) is 15.5. The summed E-state index contributed by atoms with van der Waals surface area (Å²) >= 11 is 0. The number of carboxylic acids is 1. The highest BCUT2D eigenvalue weighted by atomic mass is 16.4. The Hall–Kier alpha value is -3.15. The van der Waals surface area contributed by atoms with Crippen molar-refractivity contribution < 1.29 is 19.5 Å². The molecular formula is C21H24N2O4. The molecular weight excluding hydrogens is 344 g/mol. The second-order valence-electron chi connectivity index (χ2n) is 6.52. The van der Waals surface area contributed by atoms with E-state index in [9.17, 15) is 14.4 Å². The van der Waals surface area contributed by atoms with Crippen molar-refractivity contribution in [2.45, 2.75) is 33.1 Å². The minimum absolute atomic E-state index is 0.0677. The molecule has 0 saturated carbocycles. The topological polar surface area (TPSA) is 95.5 Å². The maximum atomic E-state index is 12.1. The summed E-state index contributed by atoms with van der Waals surface area (Å²) in [7, 11) is 0. The first-order valence-electron chi connectivity index (χ1n) is 8.77. The number of hydrogen-bond acceptors (Lipinski definition) is 3. The molecule has 0 aromatic heterocycles. The van der Waals surface area contributed by atoms with Gasteiger partial charge in [-0.2, -0.15) is 0 Å². The fourth-order valence-electron chi connectivity index (χ4n) is 2.73. The molecule has 0 aliphatic carbocycles. The molecule has 0 spiro atoms. The van der Waals surface area contributed by atoms with Gasteiger partial charge in [0, 0.05) is 12.1 Å². The van der Waals surface area contributed by atoms with Gasteiger partial charge in [-0.05, 0) is 49.1 Å². The van der Waals surface area contributed by atoms with Crippen LogP contribution in [0.3, 0.4) is 0 Å². The summed E-state index contributed by atoms with van der Waals surface area (Å²) in [4.78, 5) is 34.2. The third-order valence-corrected chi connectivity index (χ3v) is 4.16. The van der Waals surface area contributed by atoms with Crippen LogP contribution in [0.4, 0.5) is 5.69 Å². The van der Waals surface area contributed by atoms with Crippen molar-refractivity contribution in [3.8, 4) is 0 Å². The van der Waals surface area contributed by atoms with E-state index in [1.165, 1.54) is 16.7 Å². The maximum absolute atomic E-state index is 12.1. The van der Waals surface area contributed by atoms with E-state index in [1.54, 1.807) is 24.3 Å². The van der Waals surface area contributed by atoms with Crippen molar-refractivity contribution in [3.05, 3.63) is 64.7 Å². The quantitative estimate of drug-likeness (QED) is 0.667. The SMILES string of the molecule is Cc1ccc(CCC(=O)Nc2ccc(CC(=O)NCC(=O)O)cc2)c(C)c1. The lowest BCUT2D eigenvalue weighted by molar-refractivity contribution is -0.137. The van der Waals surface area contributed by atoms with Crippen molar-refractivity contribution in [2.75, 3.05) is 11.9 Å². The molecule has 2 aromatic rings. The van der Waals surface area contributed by atoms with Gasteiger partial charge in [0.05, 0.1) is 6.42 Å². The van der Waals surface area contributed by atoms with Gasteiger partial charge in [-0.1, -0.05) is 35.9 Å². The van der Waals surface area contributed by atoms with Crippen LogP contribution in [0.25, 0.3) is 0 Å². The van der Waals surface area contributed by atoms with E-state index >= 15 is 0 Å². The lowest BCUT2D eigenvalue weighted by atomic mass is 10.0. The summed E-state index contributed by atoms with van der Waals surface area (Å²) in [6, 6.07) is 13.1. The summed E-state index contributed by atoms with van der Waals surface area (Å²) in [5.41, 5.74) is 4.96. The van der Waals surface area contributed by atoms with E-state index in [0.717, 1.165) is 5.56 Å². The molecule has 0 bridgehead atoms. The molecule has 2 rings (SSSR count). The Labute approximate surface area is 158 Å². The summed E-state index contributed by atoms with van der Waals surface area (Å²) < 4.78 is 0. The molecule has 0 unspecified atom stereocenters. The Morgan fingerprint density at radius 1 is 0.963 bits per heavy atom. The second-order valence-corrected chi connectivity index (χ2v) is 6.52. The predicted molar refractivity (Wildman–Crippen MR) is 104 cm³/mol. The number of rotatable bonds is 8. The number of anilines is 1. The Balaban J connectivity index is 1.82. The number of amides is 2. The smallest absolute Gasteiger partial charge is 0.322 e. The van der Waals surface area contributed by atoms with Crippen LogP contribution in [0, 0.1) is 13.8 Å². The zero-order valence-electron chi connectivity index (χ0n) is 15.5. The molecule has 0 aliphatic rings. The highest BCUT2D eigenvalue weighted by Crippen LogP contribution is 2.14. The van der Waals surface area contributed by atoms with E-state index < -0.39 is 12.5 Å². The Kier molecular flexibility index (Phi) is 7.11. The number of carbonyl (C=O) groups excluding carboxylic acids is 2. The molecule has 142 valence electrons. The van der Waals surface area contributed by atoms with Gasteiger partial charge in [-0.25, -0.2) is 0 Å². The van der Waals surface area contributed by atoms with Gasteiger partial charge in [0.25, 0.3) is 0 Å². The van der Waals surface area contributed by atoms with Gasteiger partial charge in [0.2, 0.25) is 11.8 Å². The van der Waals surface area contributed by atoms with Crippen LogP contribution >= 0.6 is 0 Å². The summed E-state index contributed by atoms with van der Waals surface area (Å²) in [6.45, 7) is 3.70. The molecule has 0 fully saturated rings. The minimum Gasteiger partial charge on any atom is -0.480 e. The highest BCUT2D eigenvalue weighted by molar-refractivity contribution is 5.91. The average molecular weight is 368 g/mol. The first-order chi connectivity index (χ1) is 12.8. The molecule has 0 radical (unpaired) electrons. The molecule has 0 heterocycles. The molecule has 6 nitrogen and oxygen atoms in total. The van der Waals surface area contributed by atoms with E-state index in [0.29, 0.717) is 18.5 Å². The van der Waals surface area contributed by atoms with Crippen molar-refractivity contribution in [1.82, 2.24) is 5.32 Å². The van der Waals surface area contributed by atoms with Crippen molar-refractivity contribution in [1.29, 1.82) is 0 Å². The molecule has 3 N–H and O–H groups in total. The first-order valence-corrected chi connectivity index (χ1v) is 8.77. The highest BCUT2D eigenvalue weighted by Gasteiger charge is 2.07. The summed E-state index contributed by atoms with van der Waals surface area (Å²) in [5.74, 6) is -1.51. The third-order valence-electron chi connectivity index (χ3n) is 4.16. The van der Waals surface area contributed by atoms with Crippen LogP contribution in [0.2, 0.25) is 0 Å². The van der Waals surface area contributed by atoms with E-state index in [1.807, 2.05) is 19.9 Å². The number of benzene rings is 2. The number of hydrogen-bond donors (Lipinski definition) is 3. The molecule has 2 amide bonds. The van der Waals surface area contributed by atoms with Crippen LogP contribution in [0.5, 0.6) is 0 Å². The first kappa shape index (κ1) is 20.2. The number of aryl methyl sites for hydroxylation is 3.